The van der Waals surface area contributed by atoms with E-state index in [-0.39, 0.29) is 0 Å². The van der Waals surface area contributed by atoms with Crippen LogP contribution in [0, 0.1) is 5.92 Å². The summed E-state index contributed by atoms with van der Waals surface area (Å²) in [5.74, 6) is 0.941. The van der Waals surface area contributed by atoms with E-state index in [1.807, 2.05) is 0 Å². The maximum atomic E-state index is 5.25. The second-order valence-corrected chi connectivity index (χ2v) is 5.37. The van der Waals surface area contributed by atoms with Crippen LogP contribution in [0.3, 0.4) is 0 Å². The van der Waals surface area contributed by atoms with Crippen LogP contribution in [0.4, 0.5) is 0 Å². The van der Waals surface area contributed by atoms with Crippen molar-refractivity contribution in [3.63, 3.8) is 0 Å². The average molecular weight is 247 g/mol. The van der Waals surface area contributed by atoms with Gasteiger partial charge in [0.15, 0.2) is 0 Å². The van der Waals surface area contributed by atoms with E-state index in [9.17, 15) is 0 Å². The summed E-state index contributed by atoms with van der Waals surface area (Å²) < 4.78 is 5.25. The zero-order chi connectivity index (χ0) is 12.8. The minimum absolute atomic E-state index is 0.708. The van der Waals surface area contributed by atoms with Crippen molar-refractivity contribution in [2.45, 2.75) is 51.8 Å². The molecule has 1 saturated carbocycles. The number of hydrogen-bond donors (Lipinski definition) is 1. The Bertz CT molecular complexity index is 364. The van der Waals surface area contributed by atoms with Crippen molar-refractivity contribution in [3.05, 3.63) is 35.4 Å². The monoisotopic (exact) mass is 247 g/mol. The highest BCUT2D eigenvalue weighted by Gasteiger charge is 2.22. The van der Waals surface area contributed by atoms with Gasteiger partial charge in [0.25, 0.3) is 0 Å². The fourth-order valence-electron chi connectivity index (χ4n) is 2.91. The van der Waals surface area contributed by atoms with Crippen LogP contribution in [0.5, 0.6) is 0 Å². The summed E-state index contributed by atoms with van der Waals surface area (Å²) in [5, 5.41) is 3.71. The van der Waals surface area contributed by atoms with Gasteiger partial charge in [0, 0.05) is 19.7 Å². The van der Waals surface area contributed by atoms with Crippen molar-refractivity contribution < 1.29 is 4.74 Å². The van der Waals surface area contributed by atoms with Gasteiger partial charge in [-0.05, 0) is 36.3 Å². The van der Waals surface area contributed by atoms with E-state index in [2.05, 4.69) is 36.5 Å². The van der Waals surface area contributed by atoms with Gasteiger partial charge in [0.05, 0.1) is 6.61 Å². The van der Waals surface area contributed by atoms with Crippen LogP contribution in [0.15, 0.2) is 24.3 Å². The summed E-state index contributed by atoms with van der Waals surface area (Å²) in [7, 11) is 1.76. The van der Waals surface area contributed by atoms with Gasteiger partial charge in [-0.2, -0.15) is 0 Å². The fraction of sp³-hybridized carbons (Fsp3) is 0.625. The van der Waals surface area contributed by atoms with Crippen LogP contribution in [0.25, 0.3) is 0 Å². The zero-order valence-corrected chi connectivity index (χ0v) is 11.6. The molecule has 2 atom stereocenters. The molecular formula is C16H25NO. The van der Waals surface area contributed by atoms with Crippen LogP contribution in [-0.2, 0) is 17.9 Å². The van der Waals surface area contributed by atoms with Gasteiger partial charge < -0.3 is 10.1 Å². The Morgan fingerprint density at radius 3 is 2.67 bits per heavy atom. The van der Waals surface area contributed by atoms with Gasteiger partial charge in [0.1, 0.15) is 0 Å². The number of rotatable bonds is 6. The molecule has 0 aliphatic heterocycles. The number of hydrogen-bond acceptors (Lipinski definition) is 2. The molecule has 0 aromatic heterocycles. The molecule has 100 valence electrons. The molecule has 0 bridgehead atoms. The summed E-state index contributed by atoms with van der Waals surface area (Å²) in [6, 6.07) is 9.27. The first-order valence-electron chi connectivity index (χ1n) is 7.12. The van der Waals surface area contributed by atoms with Crippen LogP contribution in [-0.4, -0.2) is 13.2 Å². The van der Waals surface area contributed by atoms with Crippen molar-refractivity contribution in [2.75, 3.05) is 7.11 Å². The summed E-state index contributed by atoms with van der Waals surface area (Å²) in [5.41, 5.74) is 2.68. The Labute approximate surface area is 111 Å². The predicted octanol–water partition coefficient (Wildman–Crippen LogP) is 3.50. The first-order chi connectivity index (χ1) is 8.83. The van der Waals surface area contributed by atoms with Gasteiger partial charge >= 0.3 is 0 Å². The average Bonchev–Trinajstić information content (AvgIpc) is 2.86. The molecule has 1 aliphatic carbocycles. The van der Waals surface area contributed by atoms with E-state index < -0.39 is 0 Å². The molecule has 2 heteroatoms. The second kappa shape index (κ2) is 6.91. The third-order valence-electron chi connectivity index (χ3n) is 4.12. The minimum Gasteiger partial charge on any atom is -0.380 e. The van der Waals surface area contributed by atoms with Crippen molar-refractivity contribution in [1.29, 1.82) is 0 Å². The molecule has 1 aliphatic rings. The molecule has 18 heavy (non-hydrogen) atoms. The Kier molecular flexibility index (Phi) is 5.21. The summed E-state index contributed by atoms with van der Waals surface area (Å²) >= 11 is 0. The van der Waals surface area contributed by atoms with Crippen molar-refractivity contribution in [1.82, 2.24) is 5.32 Å². The molecule has 2 nitrogen and oxygen atoms in total. The molecular weight excluding hydrogens is 222 g/mol. The number of methoxy groups -OCH3 is 1. The first-order valence-corrected chi connectivity index (χ1v) is 7.12. The number of nitrogens with one attached hydrogen (secondary N) is 1. The van der Waals surface area contributed by atoms with Crippen LogP contribution >= 0.6 is 0 Å². The summed E-state index contributed by atoms with van der Waals surface area (Å²) in [4.78, 5) is 0. The summed E-state index contributed by atoms with van der Waals surface area (Å²) in [6.45, 7) is 3.99. The fourth-order valence-corrected chi connectivity index (χ4v) is 2.91. The predicted molar refractivity (Wildman–Crippen MR) is 75.4 cm³/mol. The minimum atomic E-state index is 0.708. The van der Waals surface area contributed by atoms with Gasteiger partial charge in [-0.3, -0.25) is 0 Å². The van der Waals surface area contributed by atoms with Crippen molar-refractivity contribution in [3.8, 4) is 0 Å². The molecule has 1 aromatic carbocycles. The van der Waals surface area contributed by atoms with E-state index in [1.165, 1.54) is 36.8 Å². The molecule has 0 radical (unpaired) electrons. The molecule has 0 amide bonds. The maximum Gasteiger partial charge on any atom is 0.0716 e. The van der Waals surface area contributed by atoms with E-state index in [0.29, 0.717) is 12.6 Å². The van der Waals surface area contributed by atoms with Gasteiger partial charge in [-0.25, -0.2) is 0 Å². The molecule has 1 aromatic rings. The second-order valence-electron chi connectivity index (χ2n) is 5.37. The van der Waals surface area contributed by atoms with Crippen molar-refractivity contribution >= 4 is 0 Å². The lowest BCUT2D eigenvalue weighted by molar-refractivity contribution is 0.184. The maximum absolute atomic E-state index is 5.25. The highest BCUT2D eigenvalue weighted by atomic mass is 16.5. The highest BCUT2D eigenvalue weighted by molar-refractivity contribution is 5.26. The van der Waals surface area contributed by atoms with E-state index in [0.717, 1.165) is 12.5 Å². The number of ether oxygens (including phenoxy) is 1. The Morgan fingerprint density at radius 2 is 2.00 bits per heavy atom. The largest absolute Gasteiger partial charge is 0.380 e. The smallest absolute Gasteiger partial charge is 0.0716 e. The quantitative estimate of drug-likeness (QED) is 0.830. The highest BCUT2D eigenvalue weighted by Crippen LogP contribution is 2.28. The molecule has 1 N–H and O–H groups in total. The topological polar surface area (TPSA) is 21.3 Å². The SMILES string of the molecule is CCC1CCC(NCc2ccccc2COC)C1. The standard InChI is InChI=1S/C16H25NO/c1-3-13-8-9-16(10-13)17-11-14-6-4-5-7-15(14)12-18-2/h4-7,13,16-17H,3,8-12H2,1-2H3. The molecule has 2 unspecified atom stereocenters. The molecule has 0 saturated heterocycles. The Hall–Kier alpha value is -0.860. The van der Waals surface area contributed by atoms with E-state index in [4.69, 9.17) is 4.74 Å². The Morgan fingerprint density at radius 1 is 1.22 bits per heavy atom. The number of benzene rings is 1. The lowest BCUT2D eigenvalue weighted by Gasteiger charge is -2.15. The van der Waals surface area contributed by atoms with Gasteiger partial charge in [-0.1, -0.05) is 37.6 Å². The van der Waals surface area contributed by atoms with E-state index in [1.54, 1.807) is 7.11 Å². The normalized spacial score (nSPS) is 23.4. The van der Waals surface area contributed by atoms with Crippen LogP contribution < -0.4 is 5.32 Å². The first kappa shape index (κ1) is 13.6. The molecule has 0 heterocycles. The lowest BCUT2D eigenvalue weighted by Crippen LogP contribution is -2.26. The molecule has 2 rings (SSSR count). The lowest BCUT2D eigenvalue weighted by atomic mass is 10.1. The van der Waals surface area contributed by atoms with Crippen molar-refractivity contribution in [2.24, 2.45) is 5.92 Å². The zero-order valence-electron chi connectivity index (χ0n) is 11.6. The summed E-state index contributed by atoms with van der Waals surface area (Å²) in [6.07, 6.45) is 5.42. The molecule has 1 fully saturated rings. The third kappa shape index (κ3) is 3.56. The Balaban J connectivity index is 1.86. The van der Waals surface area contributed by atoms with Gasteiger partial charge in [0.2, 0.25) is 0 Å². The van der Waals surface area contributed by atoms with Crippen LogP contribution in [0.2, 0.25) is 0 Å². The third-order valence-corrected chi connectivity index (χ3v) is 4.12. The molecule has 0 spiro atoms. The van der Waals surface area contributed by atoms with Crippen LogP contribution in [0.1, 0.15) is 43.7 Å². The van der Waals surface area contributed by atoms with E-state index >= 15 is 0 Å². The van der Waals surface area contributed by atoms with Gasteiger partial charge in [-0.15, -0.1) is 0 Å².